The third kappa shape index (κ3) is 3.53. The zero-order valence-electron chi connectivity index (χ0n) is 13.8. The quantitative estimate of drug-likeness (QED) is 0.512. The van der Waals surface area contributed by atoms with E-state index in [0.29, 0.717) is 23.0 Å². The fourth-order valence-corrected chi connectivity index (χ4v) is 4.27. The summed E-state index contributed by atoms with van der Waals surface area (Å²) >= 11 is 14.0. The van der Waals surface area contributed by atoms with Crippen molar-refractivity contribution in [1.29, 1.82) is 0 Å². The number of ether oxygens (including phenoxy) is 1. The molecule has 0 spiro atoms. The van der Waals surface area contributed by atoms with Crippen molar-refractivity contribution in [2.45, 2.75) is 12.8 Å². The molecule has 4 aromatic heterocycles. The molecule has 0 saturated heterocycles. The number of pyridine rings is 2. The second-order valence-electron chi connectivity index (χ2n) is 5.77. The van der Waals surface area contributed by atoms with Gasteiger partial charge in [-0.15, -0.1) is 11.3 Å². The minimum Gasteiger partial charge on any atom is -0.495 e. The minimum atomic E-state index is 0.533. The molecule has 4 heterocycles. The van der Waals surface area contributed by atoms with E-state index < -0.39 is 0 Å². The Morgan fingerprint density at radius 3 is 2.88 bits per heavy atom. The fourth-order valence-electron chi connectivity index (χ4n) is 2.76. The molecule has 0 amide bonds. The Labute approximate surface area is 164 Å². The topological polar surface area (TPSA) is 63.7 Å². The van der Waals surface area contributed by atoms with Crippen LogP contribution in [0.2, 0.25) is 10.2 Å². The van der Waals surface area contributed by atoms with Gasteiger partial charge >= 0.3 is 0 Å². The molecule has 0 aliphatic rings. The number of nitrogens with zero attached hydrogens (tertiary/aromatic N) is 3. The predicted octanol–water partition coefficient (Wildman–Crippen LogP) is 4.91. The summed E-state index contributed by atoms with van der Waals surface area (Å²) in [5.74, 6) is 0.730. The van der Waals surface area contributed by atoms with Crippen LogP contribution in [0, 0.1) is 0 Å². The third-order valence-corrected chi connectivity index (χ3v) is 5.68. The van der Waals surface area contributed by atoms with E-state index in [9.17, 15) is 0 Å². The van der Waals surface area contributed by atoms with Gasteiger partial charge in [0, 0.05) is 41.7 Å². The molecule has 0 saturated carbocycles. The highest BCUT2D eigenvalue weighted by atomic mass is 35.5. The molecule has 4 rings (SSSR count). The summed E-state index contributed by atoms with van der Waals surface area (Å²) in [6.07, 6.45) is 8.40. The maximum atomic E-state index is 6.38. The summed E-state index contributed by atoms with van der Waals surface area (Å²) in [5, 5.41) is 3.08. The molecular weight excluding hydrogens is 391 g/mol. The lowest BCUT2D eigenvalue weighted by Gasteiger charge is -2.01. The van der Waals surface area contributed by atoms with Gasteiger partial charge in [0.25, 0.3) is 0 Å². The van der Waals surface area contributed by atoms with Crippen LogP contribution >= 0.6 is 34.5 Å². The van der Waals surface area contributed by atoms with Gasteiger partial charge in [-0.05, 0) is 23.3 Å². The van der Waals surface area contributed by atoms with E-state index in [1.807, 2.05) is 24.5 Å². The minimum absolute atomic E-state index is 0.533. The molecule has 1 N–H and O–H groups in total. The van der Waals surface area contributed by atoms with Crippen LogP contribution in [-0.2, 0) is 12.8 Å². The van der Waals surface area contributed by atoms with Gasteiger partial charge in [-0.2, -0.15) is 0 Å². The number of nitrogens with one attached hydrogen (secondary N) is 1. The lowest BCUT2D eigenvalue weighted by molar-refractivity contribution is 0.412. The van der Waals surface area contributed by atoms with Crippen LogP contribution in [0.1, 0.15) is 21.0 Å². The number of hydrogen-bond donors (Lipinski definition) is 1. The molecule has 8 heteroatoms. The molecule has 132 valence electrons. The first kappa shape index (κ1) is 17.3. The van der Waals surface area contributed by atoms with E-state index in [-0.39, 0.29) is 0 Å². The first-order valence-electron chi connectivity index (χ1n) is 7.86. The van der Waals surface area contributed by atoms with E-state index in [0.717, 1.165) is 37.8 Å². The molecule has 0 atom stereocenters. The summed E-state index contributed by atoms with van der Waals surface area (Å²) < 4.78 is 5.22. The van der Waals surface area contributed by atoms with E-state index in [2.05, 4.69) is 19.9 Å². The number of thiazole rings is 1. The summed E-state index contributed by atoms with van der Waals surface area (Å²) in [6, 6.07) is 3.86. The molecule has 0 radical (unpaired) electrons. The van der Waals surface area contributed by atoms with E-state index >= 15 is 0 Å². The van der Waals surface area contributed by atoms with Crippen molar-refractivity contribution in [3.63, 3.8) is 0 Å². The Kier molecular flexibility index (Phi) is 4.80. The SMILES string of the molecule is COc1cncc(Cc2nc(Cl)c(Cc3c[nH]c4ncc(Cl)cc34)s2)c1. The summed E-state index contributed by atoms with van der Waals surface area (Å²) in [7, 11) is 1.63. The van der Waals surface area contributed by atoms with Gasteiger partial charge in [-0.3, -0.25) is 4.98 Å². The Balaban J connectivity index is 1.59. The second kappa shape index (κ2) is 7.23. The van der Waals surface area contributed by atoms with Crippen molar-refractivity contribution < 1.29 is 4.74 Å². The maximum Gasteiger partial charge on any atom is 0.143 e. The van der Waals surface area contributed by atoms with Gasteiger partial charge in [0.1, 0.15) is 16.5 Å². The number of aromatic nitrogens is 4. The van der Waals surface area contributed by atoms with Gasteiger partial charge in [-0.1, -0.05) is 23.2 Å². The first-order valence-corrected chi connectivity index (χ1v) is 9.43. The average Bonchev–Trinajstić information content (AvgIpc) is 3.19. The van der Waals surface area contributed by atoms with Gasteiger partial charge in [-0.25, -0.2) is 9.97 Å². The average molecular weight is 405 g/mol. The monoisotopic (exact) mass is 404 g/mol. The van der Waals surface area contributed by atoms with Gasteiger partial charge < -0.3 is 9.72 Å². The van der Waals surface area contributed by atoms with Crippen molar-refractivity contribution in [3.8, 4) is 5.75 Å². The zero-order valence-corrected chi connectivity index (χ0v) is 16.1. The maximum absolute atomic E-state index is 6.38. The molecule has 26 heavy (non-hydrogen) atoms. The summed E-state index contributed by atoms with van der Waals surface area (Å²) in [6.45, 7) is 0. The lowest BCUT2D eigenvalue weighted by Crippen LogP contribution is -1.91. The molecular formula is C18H14Cl2N4OS. The number of rotatable bonds is 5. The molecule has 0 aliphatic heterocycles. The molecule has 0 bridgehead atoms. The van der Waals surface area contributed by atoms with Crippen LogP contribution in [0.5, 0.6) is 5.75 Å². The Morgan fingerprint density at radius 2 is 2.04 bits per heavy atom. The second-order valence-corrected chi connectivity index (χ2v) is 7.73. The number of aromatic amines is 1. The van der Waals surface area contributed by atoms with Gasteiger partial charge in [0.2, 0.25) is 0 Å². The number of fused-ring (bicyclic) bond motifs is 1. The highest BCUT2D eigenvalue weighted by Gasteiger charge is 2.14. The van der Waals surface area contributed by atoms with Crippen LogP contribution in [0.4, 0.5) is 0 Å². The molecule has 4 aromatic rings. The van der Waals surface area contributed by atoms with E-state index in [4.69, 9.17) is 27.9 Å². The summed E-state index contributed by atoms with van der Waals surface area (Å²) in [4.78, 5) is 17.1. The largest absolute Gasteiger partial charge is 0.495 e. The molecule has 0 aliphatic carbocycles. The molecule has 0 aromatic carbocycles. The van der Waals surface area contributed by atoms with Crippen molar-refractivity contribution in [3.05, 3.63) is 68.1 Å². The number of hydrogen-bond acceptors (Lipinski definition) is 5. The van der Waals surface area contributed by atoms with E-state index in [1.165, 1.54) is 0 Å². The van der Waals surface area contributed by atoms with Crippen molar-refractivity contribution in [1.82, 2.24) is 19.9 Å². The standard InChI is InChI=1S/C18H14Cl2N4OS/c1-25-13-2-10(6-21-9-13)3-16-24-17(20)15(26-16)4-11-7-22-18-14(11)5-12(19)8-23-18/h2,5-9H,3-4H2,1H3,(H,22,23). The number of halogens is 2. The van der Waals surface area contributed by atoms with Crippen LogP contribution in [0.3, 0.4) is 0 Å². The Morgan fingerprint density at radius 1 is 1.15 bits per heavy atom. The van der Waals surface area contributed by atoms with Crippen LogP contribution in [-0.4, -0.2) is 27.0 Å². The van der Waals surface area contributed by atoms with Crippen LogP contribution in [0.15, 0.2) is 36.9 Å². The van der Waals surface area contributed by atoms with E-state index in [1.54, 1.807) is 30.8 Å². The van der Waals surface area contributed by atoms with Gasteiger partial charge in [0.15, 0.2) is 0 Å². The normalized spacial score (nSPS) is 11.2. The summed E-state index contributed by atoms with van der Waals surface area (Å²) in [5.41, 5.74) is 2.94. The molecule has 0 fully saturated rings. The number of H-pyrrole nitrogens is 1. The Hall–Kier alpha value is -2.15. The van der Waals surface area contributed by atoms with Crippen molar-refractivity contribution in [2.24, 2.45) is 0 Å². The Bertz CT molecular complexity index is 1080. The van der Waals surface area contributed by atoms with Crippen LogP contribution in [0.25, 0.3) is 11.0 Å². The van der Waals surface area contributed by atoms with Crippen molar-refractivity contribution >= 4 is 45.6 Å². The first-order chi connectivity index (χ1) is 12.6. The smallest absolute Gasteiger partial charge is 0.143 e. The van der Waals surface area contributed by atoms with Gasteiger partial charge in [0.05, 0.1) is 23.3 Å². The van der Waals surface area contributed by atoms with Crippen LogP contribution < -0.4 is 4.74 Å². The molecule has 5 nitrogen and oxygen atoms in total. The highest BCUT2D eigenvalue weighted by molar-refractivity contribution is 7.12. The zero-order chi connectivity index (χ0) is 18.1. The third-order valence-electron chi connectivity index (χ3n) is 3.99. The fraction of sp³-hybridized carbons (Fsp3) is 0.167. The number of methoxy groups -OCH3 is 1. The highest BCUT2D eigenvalue weighted by Crippen LogP contribution is 2.30. The predicted molar refractivity (Wildman–Crippen MR) is 105 cm³/mol. The lowest BCUT2D eigenvalue weighted by atomic mass is 10.1. The molecule has 0 unspecified atom stereocenters. The van der Waals surface area contributed by atoms with Crippen molar-refractivity contribution in [2.75, 3.05) is 7.11 Å².